The summed E-state index contributed by atoms with van der Waals surface area (Å²) in [5.74, 6) is 1.23. The van der Waals surface area contributed by atoms with E-state index in [0.717, 1.165) is 42.3 Å². The van der Waals surface area contributed by atoms with Gasteiger partial charge >= 0.3 is 0 Å². The maximum atomic E-state index is 12.4. The van der Waals surface area contributed by atoms with Crippen LogP contribution in [0.5, 0.6) is 5.75 Å². The summed E-state index contributed by atoms with van der Waals surface area (Å²) in [6.45, 7) is 2.92. The average Bonchev–Trinajstić information content (AvgIpc) is 3.01. The van der Waals surface area contributed by atoms with Crippen LogP contribution in [0, 0.1) is 12.8 Å². The first-order chi connectivity index (χ1) is 12.1. The van der Waals surface area contributed by atoms with Crippen molar-refractivity contribution in [2.75, 3.05) is 6.54 Å². The Morgan fingerprint density at radius 1 is 1.36 bits per heavy atom. The molecule has 4 nitrogen and oxygen atoms in total. The second kappa shape index (κ2) is 8.50. The van der Waals surface area contributed by atoms with Gasteiger partial charge in [-0.2, -0.15) is 0 Å². The molecule has 0 radical (unpaired) electrons. The highest BCUT2D eigenvalue weighted by Gasteiger charge is 2.17. The Labute approximate surface area is 156 Å². The molecular weight excluding hydrogens is 356 g/mol. The van der Waals surface area contributed by atoms with Gasteiger partial charge in [-0.15, -0.1) is 11.3 Å². The highest BCUT2D eigenvalue weighted by atomic mass is 35.5. The second-order valence-corrected chi connectivity index (χ2v) is 7.65. The second-order valence-electron chi connectivity index (χ2n) is 6.13. The van der Waals surface area contributed by atoms with Gasteiger partial charge in [0.15, 0.2) is 0 Å². The van der Waals surface area contributed by atoms with E-state index >= 15 is 0 Å². The summed E-state index contributed by atoms with van der Waals surface area (Å²) in [6, 6.07) is 7.19. The van der Waals surface area contributed by atoms with Gasteiger partial charge in [0.1, 0.15) is 22.2 Å². The van der Waals surface area contributed by atoms with E-state index < -0.39 is 0 Å². The zero-order valence-electron chi connectivity index (χ0n) is 14.1. The Bertz CT molecular complexity index is 755. The van der Waals surface area contributed by atoms with Crippen LogP contribution in [0.3, 0.4) is 0 Å². The number of carbonyl (C=O) groups excluding carboxylic acids is 1. The molecule has 1 N–H and O–H groups in total. The van der Waals surface area contributed by atoms with Gasteiger partial charge in [0, 0.05) is 11.6 Å². The lowest BCUT2D eigenvalue weighted by molar-refractivity contribution is 0.0949. The summed E-state index contributed by atoms with van der Waals surface area (Å²) in [5, 5.41) is 4.51. The topological polar surface area (TPSA) is 51.2 Å². The summed E-state index contributed by atoms with van der Waals surface area (Å²) >= 11 is 7.25. The fraction of sp³-hybridized carbons (Fsp3) is 0.368. The van der Waals surface area contributed by atoms with Gasteiger partial charge in [-0.25, -0.2) is 4.98 Å². The van der Waals surface area contributed by atoms with Gasteiger partial charge in [0.2, 0.25) is 0 Å². The molecule has 1 unspecified atom stereocenters. The van der Waals surface area contributed by atoms with E-state index in [1.807, 2.05) is 19.1 Å². The van der Waals surface area contributed by atoms with Gasteiger partial charge in [-0.1, -0.05) is 23.8 Å². The number of nitrogens with one attached hydrogen (secondary N) is 1. The van der Waals surface area contributed by atoms with E-state index in [0.29, 0.717) is 22.4 Å². The Balaban J connectivity index is 1.54. The fourth-order valence-corrected chi connectivity index (χ4v) is 3.78. The van der Waals surface area contributed by atoms with Crippen LogP contribution < -0.4 is 10.1 Å². The third kappa shape index (κ3) is 5.06. The largest absolute Gasteiger partial charge is 0.486 e. The van der Waals surface area contributed by atoms with Crippen molar-refractivity contribution in [1.82, 2.24) is 10.3 Å². The third-order valence-electron chi connectivity index (χ3n) is 4.15. The fourth-order valence-electron chi connectivity index (χ4n) is 2.76. The molecule has 0 saturated heterocycles. The smallest absolute Gasteiger partial charge is 0.263 e. The minimum atomic E-state index is -0.0395. The lowest BCUT2D eigenvalue weighted by Crippen LogP contribution is -2.29. The maximum Gasteiger partial charge on any atom is 0.263 e. The van der Waals surface area contributed by atoms with E-state index in [9.17, 15) is 4.79 Å². The number of hydrogen-bond donors (Lipinski definition) is 1. The zero-order chi connectivity index (χ0) is 17.6. The van der Waals surface area contributed by atoms with E-state index in [-0.39, 0.29) is 5.91 Å². The van der Waals surface area contributed by atoms with E-state index in [2.05, 4.69) is 22.5 Å². The standard InChI is InChI=1S/C19H21ClN2O2S/c1-13-18(19(23)21-11-14-5-3-2-4-6-14)25-17(22-13)12-24-16-9-7-15(20)8-10-16/h2-3,7-10,14H,4-6,11-12H2,1H3,(H,21,23). The number of carbonyl (C=O) groups is 1. The van der Waals surface area contributed by atoms with Crippen LogP contribution in [0.2, 0.25) is 5.02 Å². The summed E-state index contributed by atoms with van der Waals surface area (Å²) in [5.41, 5.74) is 0.751. The minimum Gasteiger partial charge on any atom is -0.486 e. The lowest BCUT2D eigenvalue weighted by atomic mass is 9.94. The van der Waals surface area contributed by atoms with Gasteiger partial charge in [-0.05, 0) is 56.4 Å². The van der Waals surface area contributed by atoms with Crippen LogP contribution in [0.1, 0.15) is 39.6 Å². The number of nitrogens with zero attached hydrogens (tertiary/aromatic N) is 1. The van der Waals surface area contributed by atoms with Crippen LogP contribution in [0.4, 0.5) is 0 Å². The number of benzene rings is 1. The van der Waals surface area contributed by atoms with Crippen LogP contribution in [0.15, 0.2) is 36.4 Å². The predicted octanol–water partition coefficient (Wildman–Crippen LogP) is 4.77. The quantitative estimate of drug-likeness (QED) is 0.739. The van der Waals surface area contributed by atoms with Gasteiger partial charge in [0.05, 0.1) is 5.69 Å². The number of amides is 1. The number of aryl methyl sites for hydroxylation is 1. The van der Waals surface area contributed by atoms with E-state index in [1.165, 1.54) is 11.3 Å². The van der Waals surface area contributed by atoms with Crippen molar-refractivity contribution < 1.29 is 9.53 Å². The number of rotatable bonds is 6. The Hall–Kier alpha value is -1.85. The monoisotopic (exact) mass is 376 g/mol. The van der Waals surface area contributed by atoms with E-state index in [1.54, 1.807) is 12.1 Å². The number of thiazole rings is 1. The number of ether oxygens (including phenoxy) is 1. The molecule has 1 aliphatic rings. The molecule has 132 valence electrons. The van der Waals surface area contributed by atoms with Crippen LogP contribution in [-0.2, 0) is 6.61 Å². The summed E-state index contributed by atoms with van der Waals surface area (Å²) in [7, 11) is 0. The highest BCUT2D eigenvalue weighted by Crippen LogP contribution is 2.22. The predicted molar refractivity (Wildman–Crippen MR) is 101 cm³/mol. The SMILES string of the molecule is Cc1nc(COc2ccc(Cl)cc2)sc1C(=O)NCC1CC=CCC1. The molecule has 0 saturated carbocycles. The molecule has 6 heteroatoms. The van der Waals surface area contributed by atoms with Gasteiger partial charge < -0.3 is 10.1 Å². The van der Waals surface area contributed by atoms with Crippen molar-refractivity contribution in [3.05, 3.63) is 57.0 Å². The summed E-state index contributed by atoms with van der Waals surface area (Å²) < 4.78 is 5.70. The first-order valence-corrected chi connectivity index (χ1v) is 9.59. The normalized spacial score (nSPS) is 16.6. The Morgan fingerprint density at radius 2 is 2.16 bits per heavy atom. The average molecular weight is 377 g/mol. The molecule has 3 rings (SSSR count). The maximum absolute atomic E-state index is 12.4. The van der Waals surface area contributed by atoms with Gasteiger partial charge in [-0.3, -0.25) is 4.79 Å². The van der Waals surface area contributed by atoms with Crippen molar-refractivity contribution in [3.63, 3.8) is 0 Å². The van der Waals surface area contributed by atoms with Crippen LogP contribution in [0.25, 0.3) is 0 Å². The van der Waals surface area contributed by atoms with Crippen LogP contribution >= 0.6 is 22.9 Å². The third-order valence-corrected chi connectivity index (χ3v) is 5.53. The molecule has 1 aliphatic carbocycles. The Kier molecular flexibility index (Phi) is 6.10. The molecule has 1 heterocycles. The molecule has 0 aliphatic heterocycles. The van der Waals surface area contributed by atoms with Crippen molar-refractivity contribution in [2.45, 2.75) is 32.8 Å². The molecule has 1 aromatic heterocycles. The molecule has 0 fully saturated rings. The summed E-state index contributed by atoms with van der Waals surface area (Å²) in [6.07, 6.45) is 7.69. The molecular formula is C19H21ClN2O2S. The molecule has 1 atom stereocenters. The molecule has 2 aromatic rings. The van der Waals surface area contributed by atoms with Crippen molar-refractivity contribution in [2.24, 2.45) is 5.92 Å². The van der Waals surface area contributed by atoms with Crippen LogP contribution in [-0.4, -0.2) is 17.4 Å². The molecule has 0 spiro atoms. The first-order valence-electron chi connectivity index (χ1n) is 8.39. The molecule has 25 heavy (non-hydrogen) atoms. The number of halogens is 1. The van der Waals surface area contributed by atoms with Gasteiger partial charge in [0.25, 0.3) is 5.91 Å². The Morgan fingerprint density at radius 3 is 2.88 bits per heavy atom. The molecule has 1 amide bonds. The number of hydrogen-bond acceptors (Lipinski definition) is 4. The zero-order valence-corrected chi connectivity index (χ0v) is 15.7. The summed E-state index contributed by atoms with van der Waals surface area (Å²) in [4.78, 5) is 17.5. The van der Waals surface area contributed by atoms with Crippen molar-refractivity contribution in [1.29, 1.82) is 0 Å². The molecule has 0 bridgehead atoms. The highest BCUT2D eigenvalue weighted by molar-refractivity contribution is 7.13. The first kappa shape index (κ1) is 18.0. The minimum absolute atomic E-state index is 0.0395. The number of allylic oxidation sites excluding steroid dienone is 2. The van der Waals surface area contributed by atoms with E-state index in [4.69, 9.17) is 16.3 Å². The number of aromatic nitrogens is 1. The lowest BCUT2D eigenvalue weighted by Gasteiger charge is -2.17. The van der Waals surface area contributed by atoms with Crippen molar-refractivity contribution in [3.8, 4) is 5.75 Å². The van der Waals surface area contributed by atoms with Crippen molar-refractivity contribution >= 4 is 28.8 Å². The molecule has 1 aromatic carbocycles.